The molecule has 0 bridgehead atoms. The van der Waals surface area contributed by atoms with Crippen LogP contribution in [0, 0.1) is 0 Å². The summed E-state index contributed by atoms with van der Waals surface area (Å²) >= 11 is 1.65. The number of aromatic nitrogens is 1. The number of nitrogen functional groups attached to an aromatic ring is 1. The molecule has 2 heterocycles. The zero-order valence-corrected chi connectivity index (χ0v) is 13.2. The van der Waals surface area contributed by atoms with E-state index in [0.29, 0.717) is 31.1 Å². The molecule has 0 unspecified atom stereocenters. The van der Waals surface area contributed by atoms with Crippen LogP contribution in [0.4, 0.5) is 5.69 Å². The highest BCUT2D eigenvalue weighted by Gasteiger charge is 2.20. The second kappa shape index (κ2) is 7.28. The molecule has 0 aliphatic carbocycles. The maximum atomic E-state index is 12.8. The van der Waals surface area contributed by atoms with E-state index < -0.39 is 0 Å². The van der Waals surface area contributed by atoms with Crippen LogP contribution in [-0.4, -0.2) is 35.6 Å². The molecular formula is C15H21N3O2S. The van der Waals surface area contributed by atoms with Crippen LogP contribution in [0.25, 0.3) is 0 Å². The summed E-state index contributed by atoms with van der Waals surface area (Å²) in [6.45, 7) is 4.38. The molecule has 6 heteroatoms. The van der Waals surface area contributed by atoms with E-state index in [-0.39, 0.29) is 5.91 Å². The van der Waals surface area contributed by atoms with Gasteiger partial charge in [-0.15, -0.1) is 11.3 Å². The van der Waals surface area contributed by atoms with E-state index >= 15 is 0 Å². The van der Waals surface area contributed by atoms with Crippen LogP contribution in [0.5, 0.6) is 0 Å². The number of ether oxygens (including phenoxy) is 1. The van der Waals surface area contributed by atoms with Gasteiger partial charge in [0.1, 0.15) is 5.69 Å². The molecule has 2 aromatic rings. The molecular weight excluding hydrogens is 286 g/mol. The number of amides is 1. The minimum absolute atomic E-state index is 0.0148. The minimum Gasteiger partial charge on any atom is -0.397 e. The summed E-state index contributed by atoms with van der Waals surface area (Å²) in [5, 5.41) is 2.01. The van der Waals surface area contributed by atoms with Crippen molar-refractivity contribution < 1.29 is 9.53 Å². The first kappa shape index (κ1) is 15.6. The first-order valence-corrected chi connectivity index (χ1v) is 7.80. The van der Waals surface area contributed by atoms with Crippen LogP contribution < -0.4 is 5.73 Å². The number of carbonyl (C=O) groups is 1. The van der Waals surface area contributed by atoms with Crippen molar-refractivity contribution in [3.05, 3.63) is 40.3 Å². The normalized spacial score (nSPS) is 10.8. The van der Waals surface area contributed by atoms with E-state index in [9.17, 15) is 4.79 Å². The van der Waals surface area contributed by atoms with Crippen LogP contribution in [0.3, 0.4) is 0 Å². The Kier molecular flexibility index (Phi) is 5.41. The molecule has 2 rings (SSSR count). The van der Waals surface area contributed by atoms with Gasteiger partial charge in [0.15, 0.2) is 0 Å². The lowest BCUT2D eigenvalue weighted by molar-refractivity contribution is 0.0672. The Morgan fingerprint density at radius 1 is 1.52 bits per heavy atom. The Hall–Kier alpha value is -1.79. The van der Waals surface area contributed by atoms with Gasteiger partial charge in [0, 0.05) is 31.3 Å². The first-order chi connectivity index (χ1) is 10.2. The Balaban J connectivity index is 2.20. The van der Waals surface area contributed by atoms with Crippen LogP contribution in [0.15, 0.2) is 29.8 Å². The Morgan fingerprint density at radius 2 is 2.33 bits per heavy atom. The zero-order valence-electron chi connectivity index (χ0n) is 12.4. The van der Waals surface area contributed by atoms with Gasteiger partial charge in [-0.25, -0.2) is 0 Å². The number of hydrogen-bond donors (Lipinski definition) is 1. The number of nitrogens with zero attached hydrogens (tertiary/aromatic N) is 2. The lowest BCUT2D eigenvalue weighted by atomic mass is 10.3. The van der Waals surface area contributed by atoms with E-state index in [0.717, 1.165) is 11.4 Å². The average Bonchev–Trinajstić information content (AvgIpc) is 3.11. The minimum atomic E-state index is -0.0148. The summed E-state index contributed by atoms with van der Waals surface area (Å²) < 4.78 is 7.00. The number of methoxy groups -OCH3 is 1. The van der Waals surface area contributed by atoms with Crippen molar-refractivity contribution in [2.75, 3.05) is 26.0 Å². The maximum absolute atomic E-state index is 12.8. The largest absolute Gasteiger partial charge is 0.397 e. The predicted molar refractivity (Wildman–Crippen MR) is 85.5 cm³/mol. The molecule has 0 aliphatic heterocycles. The highest BCUT2D eigenvalue weighted by molar-refractivity contribution is 7.09. The number of aryl methyl sites for hydroxylation is 1. The summed E-state index contributed by atoms with van der Waals surface area (Å²) in [5.74, 6) is -0.0148. The van der Waals surface area contributed by atoms with Gasteiger partial charge in [-0.3, -0.25) is 4.79 Å². The lowest BCUT2D eigenvalue weighted by Gasteiger charge is -2.22. The molecule has 0 atom stereocenters. The summed E-state index contributed by atoms with van der Waals surface area (Å²) in [4.78, 5) is 15.7. The summed E-state index contributed by atoms with van der Waals surface area (Å²) in [6, 6.07) is 5.76. The van der Waals surface area contributed by atoms with Gasteiger partial charge >= 0.3 is 0 Å². The number of carbonyl (C=O) groups excluding carboxylic acids is 1. The molecule has 114 valence electrons. The second-order valence-corrected chi connectivity index (χ2v) is 5.78. The van der Waals surface area contributed by atoms with Crippen molar-refractivity contribution in [3.63, 3.8) is 0 Å². The Labute approximate surface area is 128 Å². The average molecular weight is 307 g/mol. The zero-order chi connectivity index (χ0) is 15.2. The number of hydrogen-bond acceptors (Lipinski definition) is 4. The van der Waals surface area contributed by atoms with Crippen molar-refractivity contribution in [2.45, 2.75) is 20.0 Å². The molecule has 2 aromatic heterocycles. The van der Waals surface area contributed by atoms with E-state index in [4.69, 9.17) is 10.5 Å². The van der Waals surface area contributed by atoms with Crippen molar-refractivity contribution >= 4 is 22.9 Å². The second-order valence-electron chi connectivity index (χ2n) is 4.74. The Bertz CT molecular complexity index is 578. The molecule has 0 spiro atoms. The highest BCUT2D eigenvalue weighted by atomic mass is 32.1. The van der Waals surface area contributed by atoms with Gasteiger partial charge in [-0.2, -0.15) is 0 Å². The molecule has 0 aromatic carbocycles. The summed E-state index contributed by atoms with van der Waals surface area (Å²) in [5.41, 5.74) is 7.06. The first-order valence-electron chi connectivity index (χ1n) is 6.92. The molecule has 0 aliphatic rings. The van der Waals surface area contributed by atoms with Gasteiger partial charge in [-0.1, -0.05) is 6.07 Å². The number of thiophene rings is 1. The van der Waals surface area contributed by atoms with Crippen LogP contribution in [0.1, 0.15) is 22.3 Å². The molecule has 0 radical (unpaired) electrons. The third-order valence-electron chi connectivity index (χ3n) is 3.26. The molecule has 5 nitrogen and oxygen atoms in total. The molecule has 2 N–H and O–H groups in total. The van der Waals surface area contributed by atoms with Gasteiger partial charge < -0.3 is 19.9 Å². The van der Waals surface area contributed by atoms with Gasteiger partial charge in [0.25, 0.3) is 5.91 Å². The number of anilines is 1. The van der Waals surface area contributed by atoms with Crippen LogP contribution >= 0.6 is 11.3 Å². The third kappa shape index (κ3) is 3.86. The number of rotatable bonds is 7. The fraction of sp³-hybridized carbons (Fsp3) is 0.400. The van der Waals surface area contributed by atoms with E-state index in [2.05, 4.69) is 0 Å². The van der Waals surface area contributed by atoms with Crippen molar-refractivity contribution in [1.82, 2.24) is 9.47 Å². The summed E-state index contributed by atoms with van der Waals surface area (Å²) in [6.07, 6.45) is 1.80. The maximum Gasteiger partial charge on any atom is 0.270 e. The van der Waals surface area contributed by atoms with Crippen LogP contribution in [-0.2, 0) is 17.8 Å². The predicted octanol–water partition coefficient (Wildman–Crippen LogP) is 2.44. The van der Waals surface area contributed by atoms with Crippen molar-refractivity contribution in [2.24, 2.45) is 0 Å². The quantitative estimate of drug-likeness (QED) is 0.854. The third-order valence-corrected chi connectivity index (χ3v) is 4.12. The molecule has 0 fully saturated rings. The summed E-state index contributed by atoms with van der Waals surface area (Å²) in [7, 11) is 1.64. The lowest BCUT2D eigenvalue weighted by Crippen LogP contribution is -2.34. The monoisotopic (exact) mass is 307 g/mol. The fourth-order valence-electron chi connectivity index (χ4n) is 2.18. The highest BCUT2D eigenvalue weighted by Crippen LogP contribution is 2.17. The molecule has 21 heavy (non-hydrogen) atoms. The van der Waals surface area contributed by atoms with Crippen LogP contribution in [0.2, 0.25) is 0 Å². The van der Waals surface area contributed by atoms with Crippen molar-refractivity contribution in [3.8, 4) is 0 Å². The standard InChI is InChI=1S/C15H21N3O2S/c1-3-17-10-12(16)9-14(17)15(19)18(6-7-20-2)11-13-5-4-8-21-13/h4-5,8-10H,3,6-7,11,16H2,1-2H3. The van der Waals surface area contributed by atoms with E-state index in [1.54, 1.807) is 35.6 Å². The van der Waals surface area contributed by atoms with Gasteiger partial charge in [-0.05, 0) is 24.4 Å². The topological polar surface area (TPSA) is 60.5 Å². The number of nitrogens with two attached hydrogens (primary N) is 1. The molecule has 1 amide bonds. The van der Waals surface area contributed by atoms with E-state index in [1.165, 1.54) is 0 Å². The van der Waals surface area contributed by atoms with Crippen molar-refractivity contribution in [1.29, 1.82) is 0 Å². The molecule has 0 saturated carbocycles. The van der Waals surface area contributed by atoms with Gasteiger partial charge in [0.2, 0.25) is 0 Å². The smallest absolute Gasteiger partial charge is 0.270 e. The molecule has 0 saturated heterocycles. The SMILES string of the molecule is CCn1cc(N)cc1C(=O)N(CCOC)Cc1cccs1. The van der Waals surface area contributed by atoms with Gasteiger partial charge in [0.05, 0.1) is 18.8 Å². The van der Waals surface area contributed by atoms with E-state index in [1.807, 2.05) is 29.0 Å². The fourth-order valence-corrected chi connectivity index (χ4v) is 2.90. The Morgan fingerprint density at radius 3 is 2.95 bits per heavy atom.